The van der Waals surface area contributed by atoms with Gasteiger partial charge in [0.15, 0.2) is 5.82 Å². The highest BCUT2D eigenvalue weighted by Crippen LogP contribution is 2.32. The van der Waals surface area contributed by atoms with Gasteiger partial charge < -0.3 is 0 Å². The van der Waals surface area contributed by atoms with Crippen molar-refractivity contribution in [1.82, 2.24) is 14.8 Å². The van der Waals surface area contributed by atoms with Crippen molar-refractivity contribution in [1.29, 1.82) is 0 Å². The van der Waals surface area contributed by atoms with Gasteiger partial charge in [-0.1, -0.05) is 11.6 Å². The van der Waals surface area contributed by atoms with Crippen LogP contribution in [-0.2, 0) is 0 Å². The fourth-order valence-corrected chi connectivity index (χ4v) is 1.51. The van der Waals surface area contributed by atoms with Gasteiger partial charge in [-0.05, 0) is 0 Å². The van der Waals surface area contributed by atoms with Crippen LogP contribution < -0.4 is 0 Å². The average molecular weight is 261 g/mol. The normalized spacial score (nSPS) is 10.5. The molecule has 0 saturated heterocycles. The standard InChI is InChI=1S/C8H3ClF2N4O2/c9-6-7(11)5(15(16)17)1-4(10)8(6)14-3-12-2-13-14/h1-3H. The molecule has 2 rings (SSSR count). The first kappa shape index (κ1) is 11.4. The van der Waals surface area contributed by atoms with E-state index < -0.39 is 33.0 Å². The van der Waals surface area contributed by atoms with E-state index in [-0.39, 0.29) is 0 Å². The maximum Gasteiger partial charge on any atom is 0.309 e. The molecule has 0 N–H and O–H groups in total. The van der Waals surface area contributed by atoms with Crippen molar-refractivity contribution < 1.29 is 13.7 Å². The summed E-state index contributed by atoms with van der Waals surface area (Å²) in [6.07, 6.45) is 2.19. The molecule has 0 fully saturated rings. The molecule has 1 aromatic carbocycles. The average Bonchev–Trinajstić information content (AvgIpc) is 2.76. The third-order valence-corrected chi connectivity index (χ3v) is 2.30. The van der Waals surface area contributed by atoms with Crippen LogP contribution in [0.4, 0.5) is 14.5 Å². The van der Waals surface area contributed by atoms with E-state index in [0.717, 1.165) is 17.3 Å². The van der Waals surface area contributed by atoms with Gasteiger partial charge in [0.1, 0.15) is 23.4 Å². The molecule has 0 bridgehead atoms. The van der Waals surface area contributed by atoms with E-state index in [9.17, 15) is 18.9 Å². The van der Waals surface area contributed by atoms with Crippen LogP contribution in [0.15, 0.2) is 18.7 Å². The Morgan fingerprint density at radius 1 is 1.47 bits per heavy atom. The molecule has 2 aromatic rings. The zero-order valence-corrected chi connectivity index (χ0v) is 8.73. The molecule has 9 heteroatoms. The molecule has 0 aliphatic carbocycles. The van der Waals surface area contributed by atoms with Crippen molar-refractivity contribution >= 4 is 17.3 Å². The molecule has 0 unspecified atom stereocenters. The predicted octanol–water partition coefficient (Wildman–Crippen LogP) is 2.11. The number of halogens is 3. The van der Waals surface area contributed by atoms with Crippen LogP contribution in [0.5, 0.6) is 0 Å². The third kappa shape index (κ3) is 1.82. The summed E-state index contributed by atoms with van der Waals surface area (Å²) in [7, 11) is 0. The Bertz CT molecular complexity index is 588. The summed E-state index contributed by atoms with van der Waals surface area (Å²) < 4.78 is 27.9. The minimum atomic E-state index is -1.32. The van der Waals surface area contributed by atoms with E-state index in [1.165, 1.54) is 0 Å². The Morgan fingerprint density at radius 2 is 2.18 bits per heavy atom. The van der Waals surface area contributed by atoms with Crippen molar-refractivity contribution in [2.75, 3.05) is 0 Å². The van der Waals surface area contributed by atoms with Crippen molar-refractivity contribution in [2.24, 2.45) is 0 Å². The van der Waals surface area contributed by atoms with Crippen molar-refractivity contribution in [3.8, 4) is 5.69 Å². The molecule has 6 nitrogen and oxygen atoms in total. The number of nitro benzene ring substituents is 1. The topological polar surface area (TPSA) is 73.8 Å². The minimum Gasteiger partial charge on any atom is -0.258 e. The van der Waals surface area contributed by atoms with E-state index in [1.807, 2.05) is 0 Å². The SMILES string of the molecule is O=[N+]([O-])c1cc(F)c(-n2cncn2)c(Cl)c1F. The predicted molar refractivity (Wildman–Crippen MR) is 52.9 cm³/mol. The first-order valence-electron chi connectivity index (χ1n) is 4.19. The fourth-order valence-electron chi connectivity index (χ4n) is 1.24. The molecule has 88 valence electrons. The Labute approximate surface area is 97.6 Å². The van der Waals surface area contributed by atoms with E-state index in [4.69, 9.17) is 11.6 Å². The number of hydrogen-bond acceptors (Lipinski definition) is 4. The third-order valence-electron chi connectivity index (χ3n) is 1.96. The van der Waals surface area contributed by atoms with E-state index >= 15 is 0 Å². The highest BCUT2D eigenvalue weighted by molar-refractivity contribution is 6.32. The van der Waals surface area contributed by atoms with Gasteiger partial charge in [-0.25, -0.2) is 14.1 Å². The molecule has 0 amide bonds. The van der Waals surface area contributed by atoms with Gasteiger partial charge >= 0.3 is 5.69 Å². The van der Waals surface area contributed by atoms with Gasteiger partial charge in [0.2, 0.25) is 5.82 Å². The second-order valence-electron chi connectivity index (χ2n) is 2.95. The summed E-state index contributed by atoms with van der Waals surface area (Å²) in [6, 6.07) is 0.443. The smallest absolute Gasteiger partial charge is 0.258 e. The summed E-state index contributed by atoms with van der Waals surface area (Å²) in [5, 5.41) is 13.3. The van der Waals surface area contributed by atoms with Crippen molar-refractivity contribution in [3.63, 3.8) is 0 Å². The van der Waals surface area contributed by atoms with Crippen molar-refractivity contribution in [2.45, 2.75) is 0 Å². The highest BCUT2D eigenvalue weighted by Gasteiger charge is 2.25. The number of benzene rings is 1. The first-order valence-corrected chi connectivity index (χ1v) is 4.57. The summed E-state index contributed by atoms with van der Waals surface area (Å²) in [5.41, 5.74) is -1.45. The monoisotopic (exact) mass is 260 g/mol. The number of hydrogen-bond donors (Lipinski definition) is 0. The van der Waals surface area contributed by atoms with Crippen LogP contribution in [0.3, 0.4) is 0 Å². The van der Waals surface area contributed by atoms with Gasteiger partial charge in [0, 0.05) is 0 Å². The fraction of sp³-hybridized carbons (Fsp3) is 0. The van der Waals surface area contributed by atoms with Gasteiger partial charge in [-0.3, -0.25) is 10.1 Å². The molecule has 1 heterocycles. The minimum absolute atomic E-state index is 0.424. The molecule has 17 heavy (non-hydrogen) atoms. The lowest BCUT2D eigenvalue weighted by Crippen LogP contribution is -2.04. The molecular weight excluding hydrogens is 258 g/mol. The van der Waals surface area contributed by atoms with Gasteiger partial charge in [-0.2, -0.15) is 9.49 Å². The van der Waals surface area contributed by atoms with Crippen LogP contribution in [-0.4, -0.2) is 19.7 Å². The number of nitrogens with zero attached hydrogens (tertiary/aromatic N) is 4. The molecule has 0 atom stereocenters. The Hall–Kier alpha value is -2.09. The van der Waals surface area contributed by atoms with E-state index in [2.05, 4.69) is 10.1 Å². The number of aromatic nitrogens is 3. The first-order chi connectivity index (χ1) is 8.02. The molecule has 1 aromatic heterocycles. The van der Waals surface area contributed by atoms with E-state index in [0.29, 0.717) is 6.07 Å². The maximum atomic E-state index is 13.6. The Kier molecular flexibility index (Phi) is 2.72. The lowest BCUT2D eigenvalue weighted by molar-refractivity contribution is -0.387. The summed E-state index contributed by atoms with van der Waals surface area (Å²) in [6.45, 7) is 0. The van der Waals surface area contributed by atoms with Crippen molar-refractivity contribution in [3.05, 3.63) is 45.5 Å². The zero-order chi connectivity index (χ0) is 12.6. The van der Waals surface area contributed by atoms with Crippen LogP contribution in [0.2, 0.25) is 5.02 Å². The molecule has 0 saturated carbocycles. The quantitative estimate of drug-likeness (QED) is 0.471. The highest BCUT2D eigenvalue weighted by atomic mass is 35.5. The number of rotatable bonds is 2. The van der Waals surface area contributed by atoms with Gasteiger partial charge in [0.05, 0.1) is 11.0 Å². The maximum absolute atomic E-state index is 13.6. The lowest BCUT2D eigenvalue weighted by atomic mass is 10.2. The lowest BCUT2D eigenvalue weighted by Gasteiger charge is -2.06. The number of nitro groups is 1. The summed E-state index contributed by atoms with van der Waals surface area (Å²) >= 11 is 5.53. The van der Waals surface area contributed by atoms with Gasteiger partial charge in [-0.15, -0.1) is 0 Å². The molecule has 0 aliphatic heterocycles. The zero-order valence-electron chi connectivity index (χ0n) is 7.97. The van der Waals surface area contributed by atoms with Crippen LogP contribution in [0.25, 0.3) is 5.69 Å². The second kappa shape index (κ2) is 4.06. The Morgan fingerprint density at radius 3 is 2.71 bits per heavy atom. The van der Waals surface area contributed by atoms with E-state index in [1.54, 1.807) is 0 Å². The van der Waals surface area contributed by atoms with Crippen LogP contribution >= 0.6 is 11.6 Å². The largest absolute Gasteiger partial charge is 0.309 e. The second-order valence-corrected chi connectivity index (χ2v) is 3.33. The van der Waals surface area contributed by atoms with Gasteiger partial charge in [0.25, 0.3) is 0 Å². The van der Waals surface area contributed by atoms with Crippen LogP contribution in [0, 0.1) is 21.7 Å². The Balaban J connectivity index is 2.72. The molecular formula is C8H3ClF2N4O2. The molecule has 0 radical (unpaired) electrons. The molecule has 0 spiro atoms. The summed E-state index contributed by atoms with van der Waals surface area (Å²) in [5.74, 6) is -2.38. The van der Waals surface area contributed by atoms with Crippen LogP contribution in [0.1, 0.15) is 0 Å². The summed E-state index contributed by atoms with van der Waals surface area (Å²) in [4.78, 5) is 12.9. The molecule has 0 aliphatic rings.